The Hall–Kier alpha value is -0.411. The Bertz CT molecular complexity index is 232. The van der Waals surface area contributed by atoms with Crippen LogP contribution in [0.25, 0.3) is 0 Å². The SMILES string of the molecule is CCCC.CCCC.CCCC.COC1=CNC=C=N1.[Sn]. The predicted octanol–water partition coefficient (Wildman–Crippen LogP) is 5.26. The number of aliphatic imine (C=N–C) groups is 1. The fraction of sp³-hybridized carbons (Fsp3) is 0.765. The molecular weight excluding hydrogens is 367 g/mol. The van der Waals surface area contributed by atoms with E-state index in [2.05, 4.69) is 57.7 Å². The summed E-state index contributed by atoms with van der Waals surface area (Å²) in [7, 11) is 1.56. The van der Waals surface area contributed by atoms with Crippen molar-refractivity contribution >= 4 is 29.8 Å². The molecule has 0 unspecified atom stereocenters. The summed E-state index contributed by atoms with van der Waals surface area (Å²) in [5.41, 5.74) is 0. The summed E-state index contributed by atoms with van der Waals surface area (Å²) >= 11 is 0. The molecule has 4 heteroatoms. The summed E-state index contributed by atoms with van der Waals surface area (Å²) in [6.07, 6.45) is 11.2. The molecule has 1 heterocycles. The topological polar surface area (TPSA) is 33.6 Å². The van der Waals surface area contributed by atoms with Gasteiger partial charge in [-0.2, -0.15) is 4.99 Å². The normalized spacial score (nSPS) is 9.95. The Morgan fingerprint density at radius 1 is 0.905 bits per heavy atom. The maximum atomic E-state index is 4.74. The van der Waals surface area contributed by atoms with E-state index in [1.807, 2.05) is 0 Å². The number of nitrogens with one attached hydrogen (secondary N) is 1. The molecule has 0 spiro atoms. The van der Waals surface area contributed by atoms with Crippen molar-refractivity contribution in [3.05, 3.63) is 18.3 Å². The molecule has 21 heavy (non-hydrogen) atoms. The monoisotopic (exact) mass is 404 g/mol. The number of nitrogens with zero attached hydrogens (tertiary/aromatic N) is 1. The van der Waals surface area contributed by atoms with Gasteiger partial charge in [0, 0.05) is 29.8 Å². The number of hydrogen-bond acceptors (Lipinski definition) is 3. The zero-order valence-corrected chi connectivity index (χ0v) is 18.1. The van der Waals surface area contributed by atoms with Gasteiger partial charge in [0.25, 0.3) is 0 Å². The molecule has 0 saturated carbocycles. The quantitative estimate of drug-likeness (QED) is 0.650. The molecule has 1 N–H and O–H groups in total. The maximum absolute atomic E-state index is 4.74. The molecule has 0 saturated heterocycles. The standard InChI is InChI=1S/C5H6N2O.3C4H10.Sn/c1-8-5-4-6-2-3-7-5;3*1-3-4-2;/h2,4,6H,1H3;3*3-4H2,1-2H3;. The van der Waals surface area contributed by atoms with Crippen molar-refractivity contribution in [2.24, 2.45) is 4.99 Å². The van der Waals surface area contributed by atoms with Gasteiger partial charge in [0.2, 0.25) is 5.88 Å². The second-order valence-electron chi connectivity index (χ2n) is 4.24. The number of hydrogen-bond donors (Lipinski definition) is 1. The molecule has 0 aromatic rings. The van der Waals surface area contributed by atoms with Crippen LogP contribution in [-0.2, 0) is 4.74 Å². The molecule has 0 bridgehead atoms. The van der Waals surface area contributed by atoms with Gasteiger partial charge in [0.1, 0.15) is 0 Å². The number of ether oxygens (including phenoxy) is 1. The van der Waals surface area contributed by atoms with Crippen LogP contribution in [0.2, 0.25) is 0 Å². The molecule has 1 rings (SSSR count). The first-order valence-electron chi connectivity index (χ1n) is 7.96. The van der Waals surface area contributed by atoms with Gasteiger partial charge < -0.3 is 10.1 Å². The Labute approximate surface area is 150 Å². The van der Waals surface area contributed by atoms with Gasteiger partial charge in [-0.25, -0.2) is 0 Å². The molecule has 1 aliphatic rings. The molecule has 1 aliphatic heterocycles. The summed E-state index contributed by atoms with van der Waals surface area (Å²) in [5, 5.41) is 2.77. The van der Waals surface area contributed by atoms with Gasteiger partial charge in [-0.15, -0.1) is 0 Å². The van der Waals surface area contributed by atoms with Crippen LogP contribution in [0.4, 0.5) is 0 Å². The van der Waals surface area contributed by atoms with Crippen molar-refractivity contribution in [1.29, 1.82) is 0 Å². The molecule has 0 aromatic carbocycles. The van der Waals surface area contributed by atoms with Crippen molar-refractivity contribution in [2.45, 2.75) is 80.1 Å². The summed E-state index contributed by atoms with van der Waals surface area (Å²) in [4.78, 5) is 3.72. The van der Waals surface area contributed by atoms with Crippen LogP contribution < -0.4 is 5.32 Å². The van der Waals surface area contributed by atoms with Crippen LogP contribution in [-0.4, -0.2) is 36.9 Å². The largest absolute Gasteiger partial charge is 0.480 e. The molecule has 3 nitrogen and oxygen atoms in total. The Balaban J connectivity index is -0.0000000973. The average Bonchev–Trinajstić information content (AvgIpc) is 2.56. The van der Waals surface area contributed by atoms with Gasteiger partial charge >= 0.3 is 0 Å². The van der Waals surface area contributed by atoms with Gasteiger partial charge in [0.15, 0.2) is 0 Å². The van der Waals surface area contributed by atoms with E-state index in [0.29, 0.717) is 5.88 Å². The third-order valence-corrected chi connectivity index (χ3v) is 2.24. The smallest absolute Gasteiger partial charge is 0.238 e. The van der Waals surface area contributed by atoms with Crippen LogP contribution in [0.3, 0.4) is 0 Å². The van der Waals surface area contributed by atoms with E-state index in [4.69, 9.17) is 4.74 Å². The predicted molar refractivity (Wildman–Crippen MR) is 97.7 cm³/mol. The first kappa shape index (κ1) is 28.7. The maximum Gasteiger partial charge on any atom is 0.238 e. The summed E-state index contributed by atoms with van der Waals surface area (Å²) in [5.74, 6) is 3.13. The Morgan fingerprint density at radius 2 is 1.29 bits per heavy atom. The first-order chi connectivity index (χ1) is 9.67. The van der Waals surface area contributed by atoms with Crippen LogP contribution in [0.5, 0.6) is 0 Å². The van der Waals surface area contributed by atoms with Crippen molar-refractivity contribution in [2.75, 3.05) is 7.11 Å². The van der Waals surface area contributed by atoms with E-state index >= 15 is 0 Å². The fourth-order valence-electron chi connectivity index (χ4n) is 0.383. The minimum absolute atomic E-state index is 0. The van der Waals surface area contributed by atoms with E-state index in [9.17, 15) is 0 Å². The van der Waals surface area contributed by atoms with E-state index < -0.39 is 0 Å². The van der Waals surface area contributed by atoms with Crippen LogP contribution in [0, 0.1) is 0 Å². The minimum atomic E-state index is 0. The summed E-state index contributed by atoms with van der Waals surface area (Å²) in [6.45, 7) is 13.1. The fourth-order valence-corrected chi connectivity index (χ4v) is 0.383. The number of rotatable bonds is 4. The summed E-state index contributed by atoms with van der Waals surface area (Å²) < 4.78 is 4.74. The Morgan fingerprint density at radius 3 is 1.43 bits per heavy atom. The van der Waals surface area contributed by atoms with Crippen LogP contribution in [0.1, 0.15) is 80.1 Å². The third-order valence-electron chi connectivity index (χ3n) is 2.24. The molecule has 0 atom stereocenters. The van der Waals surface area contributed by atoms with Crippen molar-refractivity contribution in [3.8, 4) is 0 Å². The molecule has 0 amide bonds. The minimum Gasteiger partial charge on any atom is -0.480 e. The second-order valence-corrected chi connectivity index (χ2v) is 4.24. The molecule has 0 aromatic heterocycles. The van der Waals surface area contributed by atoms with Crippen molar-refractivity contribution in [3.63, 3.8) is 0 Å². The molecule has 0 fully saturated rings. The van der Waals surface area contributed by atoms with Gasteiger partial charge in [-0.1, -0.05) is 80.1 Å². The van der Waals surface area contributed by atoms with E-state index in [1.54, 1.807) is 19.5 Å². The molecular formula is C17H36N2OSn. The zero-order valence-electron chi connectivity index (χ0n) is 15.3. The molecule has 4 radical (unpaired) electrons. The number of unbranched alkanes of at least 4 members (excludes halogenated alkanes) is 3. The van der Waals surface area contributed by atoms with Crippen LogP contribution in [0.15, 0.2) is 23.3 Å². The third kappa shape index (κ3) is 38.2. The number of methoxy groups -OCH3 is 1. The van der Waals surface area contributed by atoms with E-state index in [-0.39, 0.29) is 23.9 Å². The van der Waals surface area contributed by atoms with Gasteiger partial charge in [0.05, 0.1) is 19.5 Å². The average molecular weight is 403 g/mol. The molecule has 0 aliphatic carbocycles. The zero-order chi connectivity index (χ0) is 16.1. The summed E-state index contributed by atoms with van der Waals surface area (Å²) in [6, 6.07) is 0. The van der Waals surface area contributed by atoms with Gasteiger partial charge in [-0.3, -0.25) is 0 Å². The van der Waals surface area contributed by atoms with Crippen LogP contribution >= 0.6 is 0 Å². The van der Waals surface area contributed by atoms with E-state index in [1.165, 1.54) is 38.5 Å². The Kier molecular flexibility index (Phi) is 43.5. The van der Waals surface area contributed by atoms with E-state index in [0.717, 1.165) is 0 Å². The second kappa shape index (κ2) is 31.8. The van der Waals surface area contributed by atoms with Crippen molar-refractivity contribution < 1.29 is 4.74 Å². The van der Waals surface area contributed by atoms with Crippen molar-refractivity contribution in [1.82, 2.24) is 5.32 Å². The molecule has 124 valence electrons. The van der Waals surface area contributed by atoms with Gasteiger partial charge in [-0.05, 0) is 0 Å². The first-order valence-corrected chi connectivity index (χ1v) is 7.96.